The van der Waals surface area contributed by atoms with E-state index >= 15 is 0 Å². The predicted octanol–water partition coefficient (Wildman–Crippen LogP) is 3.71. The van der Waals surface area contributed by atoms with Crippen LogP contribution >= 0.6 is 0 Å². The Morgan fingerprint density at radius 3 is 2.75 bits per heavy atom. The maximum atomic E-state index is 8.71. The van der Waals surface area contributed by atoms with Crippen LogP contribution in [0, 0.1) is 0 Å². The van der Waals surface area contributed by atoms with Crippen molar-refractivity contribution < 1.29 is 5.21 Å². The fraction of sp³-hybridized carbons (Fsp3) is 0.438. The molecular formula is C16H23N3O. The summed E-state index contributed by atoms with van der Waals surface area (Å²) in [5, 5.41) is 12.9. The molecule has 0 atom stereocenters. The fourth-order valence-corrected chi connectivity index (χ4v) is 2.50. The Balaban J connectivity index is 2.05. The molecule has 1 heterocycles. The third kappa shape index (κ3) is 3.32. The van der Waals surface area contributed by atoms with Gasteiger partial charge in [-0.25, -0.2) is 0 Å². The summed E-state index contributed by atoms with van der Waals surface area (Å²) in [5.74, 6) is 0.152. The molecule has 1 aromatic heterocycles. The van der Waals surface area contributed by atoms with Gasteiger partial charge in [0.05, 0.1) is 0 Å². The van der Waals surface area contributed by atoms with E-state index in [2.05, 4.69) is 28.9 Å². The molecule has 0 saturated heterocycles. The molecule has 2 aromatic rings. The van der Waals surface area contributed by atoms with Crippen LogP contribution in [0.3, 0.4) is 0 Å². The summed E-state index contributed by atoms with van der Waals surface area (Å²) in [6.07, 6.45) is 8.55. The summed E-state index contributed by atoms with van der Waals surface area (Å²) in [4.78, 5) is 0. The Labute approximate surface area is 119 Å². The molecule has 3 N–H and O–H groups in total. The van der Waals surface area contributed by atoms with Crippen LogP contribution < -0.4 is 5.73 Å². The van der Waals surface area contributed by atoms with Gasteiger partial charge in [0.2, 0.25) is 0 Å². The average molecular weight is 273 g/mol. The number of benzene rings is 1. The fourth-order valence-electron chi connectivity index (χ4n) is 2.50. The van der Waals surface area contributed by atoms with E-state index < -0.39 is 0 Å². The van der Waals surface area contributed by atoms with Gasteiger partial charge in [0.15, 0.2) is 5.84 Å². The van der Waals surface area contributed by atoms with Gasteiger partial charge in [0, 0.05) is 29.2 Å². The van der Waals surface area contributed by atoms with Gasteiger partial charge in [-0.1, -0.05) is 37.8 Å². The molecule has 1 aromatic carbocycles. The van der Waals surface area contributed by atoms with E-state index in [4.69, 9.17) is 10.9 Å². The van der Waals surface area contributed by atoms with Crippen LogP contribution in [0.2, 0.25) is 0 Å². The van der Waals surface area contributed by atoms with Crippen LogP contribution in [0.4, 0.5) is 0 Å². The molecular weight excluding hydrogens is 250 g/mol. The van der Waals surface area contributed by atoms with Crippen LogP contribution in [0.1, 0.15) is 44.6 Å². The third-order valence-electron chi connectivity index (χ3n) is 3.68. The molecule has 0 radical (unpaired) electrons. The van der Waals surface area contributed by atoms with Gasteiger partial charge in [0.25, 0.3) is 0 Å². The zero-order valence-corrected chi connectivity index (χ0v) is 12.0. The second kappa shape index (κ2) is 6.98. The van der Waals surface area contributed by atoms with E-state index in [1.807, 2.05) is 18.2 Å². The summed E-state index contributed by atoms with van der Waals surface area (Å²) in [5.41, 5.74) is 7.57. The van der Waals surface area contributed by atoms with E-state index in [1.165, 1.54) is 37.6 Å². The first-order chi connectivity index (χ1) is 9.76. The summed E-state index contributed by atoms with van der Waals surface area (Å²) >= 11 is 0. The zero-order valence-electron chi connectivity index (χ0n) is 12.0. The molecule has 108 valence electrons. The van der Waals surface area contributed by atoms with E-state index in [0.717, 1.165) is 17.5 Å². The highest BCUT2D eigenvalue weighted by Crippen LogP contribution is 2.18. The van der Waals surface area contributed by atoms with Gasteiger partial charge >= 0.3 is 0 Å². The first-order valence-corrected chi connectivity index (χ1v) is 7.33. The van der Waals surface area contributed by atoms with Gasteiger partial charge in [0.1, 0.15) is 0 Å². The lowest BCUT2D eigenvalue weighted by atomic mass is 10.1. The van der Waals surface area contributed by atoms with Crippen molar-refractivity contribution in [3.05, 3.63) is 36.0 Å². The summed E-state index contributed by atoms with van der Waals surface area (Å²) < 4.78 is 2.28. The Morgan fingerprint density at radius 2 is 2.00 bits per heavy atom. The largest absolute Gasteiger partial charge is 0.409 e. The number of unbranched alkanes of at least 4 members (excludes halogenated alkanes) is 4. The van der Waals surface area contributed by atoms with Crippen LogP contribution in [0.25, 0.3) is 10.9 Å². The molecule has 4 nitrogen and oxygen atoms in total. The minimum absolute atomic E-state index is 0.152. The Morgan fingerprint density at radius 1 is 1.20 bits per heavy atom. The van der Waals surface area contributed by atoms with Gasteiger partial charge < -0.3 is 15.5 Å². The highest BCUT2D eigenvalue weighted by molar-refractivity contribution is 6.00. The lowest BCUT2D eigenvalue weighted by molar-refractivity contribution is 0.318. The minimum atomic E-state index is 0.152. The first kappa shape index (κ1) is 14.4. The van der Waals surface area contributed by atoms with E-state index in [0.29, 0.717) is 0 Å². The highest BCUT2D eigenvalue weighted by atomic mass is 16.4. The molecule has 0 aliphatic heterocycles. The molecule has 0 unspecified atom stereocenters. The number of hydrogen-bond acceptors (Lipinski definition) is 2. The summed E-state index contributed by atoms with van der Waals surface area (Å²) in [6.45, 7) is 3.29. The maximum Gasteiger partial charge on any atom is 0.170 e. The molecule has 4 heteroatoms. The first-order valence-electron chi connectivity index (χ1n) is 7.33. The van der Waals surface area contributed by atoms with Crippen LogP contribution in [-0.2, 0) is 6.54 Å². The standard InChI is InChI=1S/C16H23N3O/c1-2-3-4-5-6-10-19-11-9-13-12-14(16(17)18-20)7-8-15(13)19/h7-9,11-12,20H,2-6,10H2,1H3,(H2,17,18). The quantitative estimate of drug-likeness (QED) is 0.265. The van der Waals surface area contributed by atoms with Crippen molar-refractivity contribution in [1.29, 1.82) is 0 Å². The Bertz CT molecular complexity index is 586. The number of fused-ring (bicyclic) bond motifs is 1. The molecule has 2 rings (SSSR count). The normalized spacial score (nSPS) is 12.2. The van der Waals surface area contributed by atoms with Crippen molar-refractivity contribution in [2.24, 2.45) is 10.9 Å². The van der Waals surface area contributed by atoms with Gasteiger partial charge in [-0.3, -0.25) is 0 Å². The monoisotopic (exact) mass is 273 g/mol. The van der Waals surface area contributed by atoms with Crippen LogP contribution in [0.5, 0.6) is 0 Å². The summed E-state index contributed by atoms with van der Waals surface area (Å²) in [7, 11) is 0. The number of aryl methyl sites for hydroxylation is 1. The smallest absolute Gasteiger partial charge is 0.170 e. The number of aromatic nitrogens is 1. The molecule has 20 heavy (non-hydrogen) atoms. The highest BCUT2D eigenvalue weighted by Gasteiger charge is 2.04. The lowest BCUT2D eigenvalue weighted by Gasteiger charge is -2.06. The van der Waals surface area contributed by atoms with E-state index in [9.17, 15) is 0 Å². The maximum absolute atomic E-state index is 8.71. The molecule has 0 aliphatic carbocycles. The minimum Gasteiger partial charge on any atom is -0.409 e. The molecule has 0 aliphatic rings. The summed E-state index contributed by atoms with van der Waals surface area (Å²) in [6, 6.07) is 7.97. The topological polar surface area (TPSA) is 63.5 Å². The molecule has 0 spiro atoms. The van der Waals surface area contributed by atoms with Crippen molar-refractivity contribution in [1.82, 2.24) is 4.57 Å². The van der Waals surface area contributed by atoms with Crippen molar-refractivity contribution in [3.8, 4) is 0 Å². The Kier molecular flexibility index (Phi) is 5.04. The SMILES string of the molecule is CCCCCCCn1ccc2cc(/C(N)=N/O)ccc21. The number of nitrogens with two attached hydrogens (primary N) is 1. The zero-order chi connectivity index (χ0) is 14.4. The Hall–Kier alpha value is -1.97. The predicted molar refractivity (Wildman–Crippen MR) is 83.2 cm³/mol. The second-order valence-electron chi connectivity index (χ2n) is 5.18. The van der Waals surface area contributed by atoms with Gasteiger partial charge in [-0.05, 0) is 30.7 Å². The van der Waals surface area contributed by atoms with Crippen LogP contribution in [0.15, 0.2) is 35.6 Å². The van der Waals surface area contributed by atoms with Crippen molar-refractivity contribution in [3.63, 3.8) is 0 Å². The number of nitrogens with zero attached hydrogens (tertiary/aromatic N) is 2. The molecule has 0 fully saturated rings. The average Bonchev–Trinajstić information content (AvgIpc) is 2.88. The van der Waals surface area contributed by atoms with Gasteiger partial charge in [-0.15, -0.1) is 0 Å². The van der Waals surface area contributed by atoms with E-state index in [1.54, 1.807) is 0 Å². The molecule has 0 bridgehead atoms. The molecule has 0 amide bonds. The number of oxime groups is 1. The second-order valence-corrected chi connectivity index (χ2v) is 5.18. The van der Waals surface area contributed by atoms with E-state index in [-0.39, 0.29) is 5.84 Å². The third-order valence-corrected chi connectivity index (χ3v) is 3.68. The molecule has 0 saturated carbocycles. The van der Waals surface area contributed by atoms with Crippen LogP contribution in [-0.4, -0.2) is 15.6 Å². The number of hydrogen-bond donors (Lipinski definition) is 2. The number of amidine groups is 1. The van der Waals surface area contributed by atoms with Crippen molar-refractivity contribution in [2.75, 3.05) is 0 Å². The number of rotatable bonds is 7. The van der Waals surface area contributed by atoms with Crippen molar-refractivity contribution in [2.45, 2.75) is 45.6 Å². The van der Waals surface area contributed by atoms with Crippen molar-refractivity contribution >= 4 is 16.7 Å². The van der Waals surface area contributed by atoms with Gasteiger partial charge in [-0.2, -0.15) is 0 Å². The lowest BCUT2D eigenvalue weighted by Crippen LogP contribution is -2.12.